The van der Waals surface area contributed by atoms with Crippen molar-refractivity contribution in [2.75, 3.05) is 0 Å². The van der Waals surface area contributed by atoms with E-state index < -0.39 is 5.97 Å². The van der Waals surface area contributed by atoms with Gasteiger partial charge < -0.3 is 10.2 Å². The van der Waals surface area contributed by atoms with Gasteiger partial charge in [0.15, 0.2) is 9.74 Å². The number of allylic oxidation sites excluding steroid dienone is 2. The van der Waals surface area contributed by atoms with Gasteiger partial charge in [0.05, 0.1) is 11.3 Å². The van der Waals surface area contributed by atoms with Crippen molar-refractivity contribution in [3.8, 4) is 5.88 Å². The number of Topliss-reactive ketones (excluding diaryl/α,β-unsaturated/α-hetero) is 1. The molecule has 0 aliphatic heterocycles. The Morgan fingerprint density at radius 1 is 1.29 bits per heavy atom. The number of hydrogen-bond acceptors (Lipinski definition) is 5. The van der Waals surface area contributed by atoms with Crippen molar-refractivity contribution in [1.29, 1.82) is 0 Å². The SMILES string of the molecule is O=C(O)CCn1c(O)c(C=C2C=Cc3ccccc3C2=O)sc1=S. The molecule has 1 aromatic heterocycles. The Bertz CT molecular complexity index is 950. The van der Waals surface area contributed by atoms with Crippen LogP contribution in [0.3, 0.4) is 0 Å². The van der Waals surface area contributed by atoms with E-state index in [1.165, 1.54) is 4.57 Å². The molecule has 1 heterocycles. The average molecular weight is 359 g/mol. The van der Waals surface area contributed by atoms with E-state index in [1.807, 2.05) is 18.2 Å². The van der Waals surface area contributed by atoms with Crippen molar-refractivity contribution in [1.82, 2.24) is 4.57 Å². The molecular weight excluding hydrogens is 346 g/mol. The molecule has 122 valence electrons. The van der Waals surface area contributed by atoms with Crippen LogP contribution in [-0.2, 0) is 11.3 Å². The van der Waals surface area contributed by atoms with Crippen LogP contribution in [0.15, 0.2) is 35.9 Å². The Balaban J connectivity index is 1.96. The van der Waals surface area contributed by atoms with E-state index in [4.69, 9.17) is 17.3 Å². The first-order valence-electron chi connectivity index (χ1n) is 7.15. The Kier molecular flexibility index (Phi) is 4.46. The fourth-order valence-electron chi connectivity index (χ4n) is 2.43. The monoisotopic (exact) mass is 359 g/mol. The second kappa shape index (κ2) is 6.54. The highest BCUT2D eigenvalue weighted by molar-refractivity contribution is 7.73. The summed E-state index contributed by atoms with van der Waals surface area (Å²) in [6, 6.07) is 7.29. The third kappa shape index (κ3) is 3.08. The number of nitrogens with zero attached hydrogens (tertiary/aromatic N) is 1. The van der Waals surface area contributed by atoms with Gasteiger partial charge in [0, 0.05) is 17.7 Å². The molecule has 1 aliphatic rings. The zero-order valence-electron chi connectivity index (χ0n) is 12.4. The molecule has 1 aromatic carbocycles. The summed E-state index contributed by atoms with van der Waals surface area (Å²) in [5.41, 5.74) is 1.92. The van der Waals surface area contributed by atoms with Crippen LogP contribution in [0.2, 0.25) is 0 Å². The highest BCUT2D eigenvalue weighted by atomic mass is 32.1. The van der Waals surface area contributed by atoms with Crippen LogP contribution < -0.4 is 0 Å². The van der Waals surface area contributed by atoms with Gasteiger partial charge in [0.25, 0.3) is 0 Å². The van der Waals surface area contributed by atoms with Gasteiger partial charge in [-0.1, -0.05) is 36.4 Å². The number of thiazole rings is 1. The molecule has 0 spiro atoms. The number of rotatable bonds is 4. The standard InChI is InChI=1S/C17H13NO4S2/c19-14(20)7-8-18-16(22)13(24-17(18)23)9-11-6-5-10-3-1-2-4-12(10)15(11)21/h1-6,9,22H,7-8H2,(H,19,20). The van der Waals surface area contributed by atoms with Gasteiger partial charge in [-0.2, -0.15) is 0 Å². The van der Waals surface area contributed by atoms with Crippen molar-refractivity contribution in [2.45, 2.75) is 13.0 Å². The van der Waals surface area contributed by atoms with E-state index >= 15 is 0 Å². The van der Waals surface area contributed by atoms with Crippen LogP contribution in [0, 0.1) is 3.95 Å². The van der Waals surface area contributed by atoms with E-state index in [0.29, 0.717) is 20.0 Å². The summed E-state index contributed by atoms with van der Waals surface area (Å²) in [6.07, 6.45) is 5.00. The first kappa shape index (κ1) is 16.4. The third-order valence-electron chi connectivity index (χ3n) is 3.64. The molecule has 0 saturated carbocycles. The summed E-state index contributed by atoms with van der Waals surface area (Å²) in [5.74, 6) is -1.20. The van der Waals surface area contributed by atoms with Crippen LogP contribution in [0.4, 0.5) is 0 Å². The molecule has 2 N–H and O–H groups in total. The average Bonchev–Trinajstić information content (AvgIpc) is 2.82. The lowest BCUT2D eigenvalue weighted by Gasteiger charge is -2.11. The molecule has 0 fully saturated rings. The third-order valence-corrected chi connectivity index (χ3v) is 5.03. The molecule has 1 aliphatic carbocycles. The highest BCUT2D eigenvalue weighted by Gasteiger charge is 2.19. The maximum absolute atomic E-state index is 12.5. The molecule has 5 nitrogen and oxygen atoms in total. The number of benzene rings is 1. The molecule has 24 heavy (non-hydrogen) atoms. The summed E-state index contributed by atoms with van der Waals surface area (Å²) in [7, 11) is 0. The first-order valence-corrected chi connectivity index (χ1v) is 8.37. The number of carboxylic acids is 1. The number of carbonyl (C=O) groups excluding carboxylic acids is 1. The fraction of sp³-hybridized carbons (Fsp3) is 0.118. The molecule has 2 aromatic rings. The van der Waals surface area contributed by atoms with Crippen LogP contribution in [-0.4, -0.2) is 26.5 Å². The Morgan fingerprint density at radius 2 is 2.04 bits per heavy atom. The fourth-order valence-corrected chi connectivity index (χ4v) is 3.74. The molecule has 3 rings (SSSR count). The maximum atomic E-state index is 12.5. The van der Waals surface area contributed by atoms with Crippen LogP contribution in [0.5, 0.6) is 5.88 Å². The van der Waals surface area contributed by atoms with Crippen molar-refractivity contribution in [2.24, 2.45) is 0 Å². The van der Waals surface area contributed by atoms with E-state index in [2.05, 4.69) is 0 Å². The molecule has 0 amide bonds. The van der Waals surface area contributed by atoms with Gasteiger partial charge in [-0.15, -0.1) is 11.3 Å². The topological polar surface area (TPSA) is 79.5 Å². The van der Waals surface area contributed by atoms with Crippen LogP contribution in [0.25, 0.3) is 12.2 Å². The number of carbonyl (C=O) groups is 2. The van der Waals surface area contributed by atoms with Crippen molar-refractivity contribution >= 4 is 47.5 Å². The van der Waals surface area contributed by atoms with E-state index in [-0.39, 0.29) is 24.6 Å². The second-order valence-corrected chi connectivity index (χ2v) is 6.88. The number of aromatic nitrogens is 1. The molecule has 0 saturated heterocycles. The first-order chi connectivity index (χ1) is 11.5. The summed E-state index contributed by atoms with van der Waals surface area (Å²) in [4.78, 5) is 23.7. The Morgan fingerprint density at radius 3 is 2.79 bits per heavy atom. The normalized spacial score (nSPS) is 14.8. The van der Waals surface area contributed by atoms with Crippen LogP contribution >= 0.6 is 23.6 Å². The van der Waals surface area contributed by atoms with Gasteiger partial charge in [-0.05, 0) is 23.9 Å². The number of aromatic hydroxyl groups is 1. The molecule has 0 atom stereocenters. The van der Waals surface area contributed by atoms with Gasteiger partial charge in [0.2, 0.25) is 5.88 Å². The lowest BCUT2D eigenvalue weighted by atomic mass is 9.92. The molecule has 0 bridgehead atoms. The van der Waals surface area contributed by atoms with Gasteiger partial charge in [0.1, 0.15) is 0 Å². The zero-order valence-corrected chi connectivity index (χ0v) is 14.1. The van der Waals surface area contributed by atoms with Crippen LogP contribution in [0.1, 0.15) is 27.2 Å². The summed E-state index contributed by atoms with van der Waals surface area (Å²) < 4.78 is 1.74. The molecule has 7 heteroatoms. The van der Waals surface area contributed by atoms with Gasteiger partial charge >= 0.3 is 5.97 Å². The summed E-state index contributed by atoms with van der Waals surface area (Å²) in [5, 5.41) is 19.0. The molecule has 0 unspecified atom stereocenters. The minimum atomic E-state index is -0.968. The van der Waals surface area contributed by atoms with E-state index in [9.17, 15) is 14.7 Å². The lowest BCUT2D eigenvalue weighted by Crippen LogP contribution is -2.07. The van der Waals surface area contributed by atoms with Crippen molar-refractivity contribution in [3.05, 3.63) is 55.9 Å². The van der Waals surface area contributed by atoms with Crippen molar-refractivity contribution in [3.63, 3.8) is 0 Å². The van der Waals surface area contributed by atoms with Crippen molar-refractivity contribution < 1.29 is 19.8 Å². The summed E-state index contributed by atoms with van der Waals surface area (Å²) >= 11 is 6.31. The van der Waals surface area contributed by atoms with E-state index in [1.54, 1.807) is 24.3 Å². The Hall–Kier alpha value is -2.51. The largest absolute Gasteiger partial charge is 0.493 e. The predicted octanol–water partition coefficient (Wildman–Crippen LogP) is 3.75. The van der Waals surface area contributed by atoms with E-state index in [0.717, 1.165) is 16.9 Å². The zero-order chi connectivity index (χ0) is 17.3. The van der Waals surface area contributed by atoms with Gasteiger partial charge in [-0.3, -0.25) is 14.2 Å². The maximum Gasteiger partial charge on any atom is 0.305 e. The van der Waals surface area contributed by atoms with Gasteiger partial charge in [-0.25, -0.2) is 0 Å². The molecule has 0 radical (unpaired) electrons. The number of hydrogen-bond donors (Lipinski definition) is 2. The highest BCUT2D eigenvalue weighted by Crippen LogP contribution is 2.31. The quantitative estimate of drug-likeness (QED) is 0.642. The Labute approximate surface area is 146 Å². The minimum absolute atomic E-state index is 0.0896. The summed E-state index contributed by atoms with van der Waals surface area (Å²) in [6.45, 7) is 0.0896. The minimum Gasteiger partial charge on any atom is -0.493 e. The smallest absolute Gasteiger partial charge is 0.305 e. The number of ketones is 1. The number of carboxylic acid groups (broad SMARTS) is 1. The lowest BCUT2D eigenvalue weighted by molar-refractivity contribution is -0.137. The second-order valence-electron chi connectivity index (χ2n) is 5.20. The number of fused-ring (bicyclic) bond motifs is 1. The molecular formula is C17H13NO4S2. The predicted molar refractivity (Wildman–Crippen MR) is 94.8 cm³/mol. The number of aliphatic carboxylic acids is 1.